The third-order valence-corrected chi connectivity index (χ3v) is 2.63. The Hall–Kier alpha value is -2.03. The van der Waals surface area contributed by atoms with Gasteiger partial charge in [-0.2, -0.15) is 5.26 Å². The number of aliphatic carboxylic acids is 1. The van der Waals surface area contributed by atoms with Crippen LogP contribution in [-0.4, -0.2) is 29.1 Å². The predicted molar refractivity (Wildman–Crippen MR) is 64.3 cm³/mol. The van der Waals surface area contributed by atoms with Crippen LogP contribution >= 0.6 is 0 Å². The Morgan fingerprint density at radius 2 is 2.06 bits per heavy atom. The molecule has 0 spiro atoms. The second kappa shape index (κ2) is 6.05. The summed E-state index contributed by atoms with van der Waals surface area (Å²) >= 11 is 0. The number of amides is 1. The van der Waals surface area contributed by atoms with E-state index in [0.717, 1.165) is 12.8 Å². The summed E-state index contributed by atoms with van der Waals surface area (Å²) in [5.41, 5.74) is -0.103. The summed E-state index contributed by atoms with van der Waals surface area (Å²) in [6.45, 7) is 3.38. The van der Waals surface area contributed by atoms with Crippen molar-refractivity contribution < 1.29 is 14.7 Å². The van der Waals surface area contributed by atoms with E-state index in [2.05, 4.69) is 10.6 Å². The third kappa shape index (κ3) is 4.09. The van der Waals surface area contributed by atoms with Crippen LogP contribution < -0.4 is 10.6 Å². The number of hydrogen-bond acceptors (Lipinski definition) is 4. The summed E-state index contributed by atoms with van der Waals surface area (Å²) in [6.07, 6.45) is 3.41. The summed E-state index contributed by atoms with van der Waals surface area (Å²) in [4.78, 5) is 22.7. The molecule has 6 heteroatoms. The maximum Gasteiger partial charge on any atom is 0.326 e. The SMILES string of the molecule is CC(C)C(NC(=O)/C(C#N)=C\NC1CC1)C(=O)O. The number of carbonyl (C=O) groups is 2. The van der Waals surface area contributed by atoms with Crippen LogP contribution in [0.25, 0.3) is 0 Å². The summed E-state index contributed by atoms with van der Waals surface area (Å²) in [6, 6.07) is 1.11. The van der Waals surface area contributed by atoms with Gasteiger partial charge in [0.2, 0.25) is 0 Å². The molecule has 0 aromatic carbocycles. The Balaban J connectivity index is 2.63. The first kappa shape index (κ1) is 14.0. The van der Waals surface area contributed by atoms with Crippen molar-refractivity contribution in [3.63, 3.8) is 0 Å². The largest absolute Gasteiger partial charge is 0.480 e. The summed E-state index contributed by atoms with van der Waals surface area (Å²) in [5.74, 6) is -2.01. The minimum Gasteiger partial charge on any atom is -0.480 e. The van der Waals surface area contributed by atoms with Crippen molar-refractivity contribution in [2.45, 2.75) is 38.8 Å². The first-order valence-corrected chi connectivity index (χ1v) is 5.85. The smallest absolute Gasteiger partial charge is 0.326 e. The maximum atomic E-state index is 11.7. The number of nitrogens with one attached hydrogen (secondary N) is 2. The van der Waals surface area contributed by atoms with E-state index in [9.17, 15) is 9.59 Å². The molecule has 1 rings (SSSR count). The molecule has 1 unspecified atom stereocenters. The summed E-state index contributed by atoms with van der Waals surface area (Å²) < 4.78 is 0. The van der Waals surface area contributed by atoms with Crippen molar-refractivity contribution in [3.05, 3.63) is 11.8 Å². The average Bonchev–Trinajstić information content (AvgIpc) is 3.09. The highest BCUT2D eigenvalue weighted by Crippen LogP contribution is 2.18. The van der Waals surface area contributed by atoms with Crippen molar-refractivity contribution in [2.24, 2.45) is 5.92 Å². The van der Waals surface area contributed by atoms with Crippen molar-refractivity contribution in [1.29, 1.82) is 5.26 Å². The molecule has 0 bridgehead atoms. The van der Waals surface area contributed by atoms with Gasteiger partial charge in [-0.1, -0.05) is 13.8 Å². The number of hydrogen-bond donors (Lipinski definition) is 3. The molecule has 1 saturated carbocycles. The van der Waals surface area contributed by atoms with Gasteiger partial charge in [-0.3, -0.25) is 4.79 Å². The van der Waals surface area contributed by atoms with Gasteiger partial charge in [0.1, 0.15) is 17.7 Å². The van der Waals surface area contributed by atoms with Gasteiger partial charge in [0, 0.05) is 12.2 Å². The van der Waals surface area contributed by atoms with Crippen LogP contribution in [0, 0.1) is 17.2 Å². The number of carbonyl (C=O) groups excluding carboxylic acids is 1. The van der Waals surface area contributed by atoms with Gasteiger partial charge in [-0.05, 0) is 18.8 Å². The van der Waals surface area contributed by atoms with Gasteiger partial charge >= 0.3 is 5.97 Å². The number of carboxylic acid groups (broad SMARTS) is 1. The fourth-order valence-electron chi connectivity index (χ4n) is 1.33. The zero-order valence-electron chi connectivity index (χ0n) is 10.4. The van der Waals surface area contributed by atoms with E-state index in [4.69, 9.17) is 10.4 Å². The lowest BCUT2D eigenvalue weighted by molar-refractivity contribution is -0.142. The first-order chi connectivity index (χ1) is 8.45. The predicted octanol–water partition coefficient (Wildman–Crippen LogP) is 0.371. The van der Waals surface area contributed by atoms with Crippen LogP contribution in [0.1, 0.15) is 26.7 Å². The average molecular weight is 251 g/mol. The standard InChI is InChI=1S/C12H17N3O3/c1-7(2)10(12(17)18)15-11(16)8(5-13)6-14-9-3-4-9/h6-7,9-10,14H,3-4H2,1-2H3,(H,15,16)(H,17,18)/b8-6-. The van der Waals surface area contributed by atoms with E-state index in [-0.39, 0.29) is 11.5 Å². The molecule has 98 valence electrons. The highest BCUT2D eigenvalue weighted by molar-refractivity contribution is 5.99. The molecule has 18 heavy (non-hydrogen) atoms. The number of carboxylic acids is 1. The highest BCUT2D eigenvalue weighted by Gasteiger charge is 2.25. The van der Waals surface area contributed by atoms with Crippen LogP contribution in [-0.2, 0) is 9.59 Å². The molecule has 0 aromatic rings. The molecule has 1 aliphatic rings. The van der Waals surface area contributed by atoms with Gasteiger partial charge in [0.25, 0.3) is 5.91 Å². The van der Waals surface area contributed by atoms with Crippen LogP contribution in [0.2, 0.25) is 0 Å². The Bertz CT molecular complexity index is 405. The second-order valence-corrected chi connectivity index (χ2v) is 4.64. The second-order valence-electron chi connectivity index (χ2n) is 4.64. The molecule has 0 aliphatic heterocycles. The van der Waals surface area contributed by atoms with Crippen LogP contribution in [0.4, 0.5) is 0 Å². The summed E-state index contributed by atoms with van der Waals surface area (Å²) in [5, 5.41) is 23.1. The Morgan fingerprint density at radius 1 is 1.44 bits per heavy atom. The molecular formula is C12H17N3O3. The Morgan fingerprint density at radius 3 is 2.44 bits per heavy atom. The molecule has 1 atom stereocenters. The lowest BCUT2D eigenvalue weighted by Gasteiger charge is -2.17. The molecule has 0 heterocycles. The number of rotatable bonds is 6. The normalized spacial score (nSPS) is 16.9. The zero-order chi connectivity index (χ0) is 13.7. The first-order valence-electron chi connectivity index (χ1n) is 5.85. The van der Waals surface area contributed by atoms with E-state index < -0.39 is 17.9 Å². The Kier molecular flexibility index (Phi) is 4.72. The van der Waals surface area contributed by atoms with Crippen molar-refractivity contribution in [2.75, 3.05) is 0 Å². The molecule has 0 radical (unpaired) electrons. The molecule has 0 saturated heterocycles. The quantitative estimate of drug-likeness (QED) is 0.467. The van der Waals surface area contributed by atoms with Crippen LogP contribution in [0.5, 0.6) is 0 Å². The van der Waals surface area contributed by atoms with E-state index in [1.54, 1.807) is 19.9 Å². The van der Waals surface area contributed by atoms with Crippen molar-refractivity contribution in [3.8, 4) is 6.07 Å². The zero-order valence-corrected chi connectivity index (χ0v) is 10.4. The summed E-state index contributed by atoms with van der Waals surface area (Å²) in [7, 11) is 0. The van der Waals surface area contributed by atoms with Gasteiger partial charge < -0.3 is 15.7 Å². The highest BCUT2D eigenvalue weighted by atomic mass is 16.4. The molecule has 1 amide bonds. The maximum absolute atomic E-state index is 11.7. The monoisotopic (exact) mass is 251 g/mol. The van der Waals surface area contributed by atoms with Gasteiger partial charge in [-0.25, -0.2) is 4.79 Å². The van der Waals surface area contributed by atoms with Gasteiger partial charge in [0.15, 0.2) is 0 Å². The molecule has 6 nitrogen and oxygen atoms in total. The minimum absolute atomic E-state index is 0.103. The fourth-order valence-corrected chi connectivity index (χ4v) is 1.33. The molecular weight excluding hydrogens is 234 g/mol. The Labute approximate surface area is 106 Å². The number of nitrogens with zero attached hydrogens (tertiary/aromatic N) is 1. The molecule has 3 N–H and O–H groups in total. The topological polar surface area (TPSA) is 102 Å². The van der Waals surface area contributed by atoms with E-state index in [1.807, 2.05) is 0 Å². The molecule has 1 aliphatic carbocycles. The number of nitriles is 1. The minimum atomic E-state index is -1.11. The van der Waals surface area contributed by atoms with Crippen molar-refractivity contribution >= 4 is 11.9 Å². The lowest BCUT2D eigenvalue weighted by Crippen LogP contribution is -2.44. The molecule has 0 aromatic heterocycles. The van der Waals surface area contributed by atoms with E-state index >= 15 is 0 Å². The van der Waals surface area contributed by atoms with E-state index in [0.29, 0.717) is 6.04 Å². The molecule has 1 fully saturated rings. The van der Waals surface area contributed by atoms with Crippen molar-refractivity contribution in [1.82, 2.24) is 10.6 Å². The van der Waals surface area contributed by atoms with Gasteiger partial charge in [-0.15, -0.1) is 0 Å². The van der Waals surface area contributed by atoms with E-state index in [1.165, 1.54) is 6.20 Å². The third-order valence-electron chi connectivity index (χ3n) is 2.63. The fraction of sp³-hybridized carbons (Fsp3) is 0.583. The van der Waals surface area contributed by atoms with Crippen LogP contribution in [0.15, 0.2) is 11.8 Å². The van der Waals surface area contributed by atoms with Crippen LogP contribution in [0.3, 0.4) is 0 Å². The van der Waals surface area contributed by atoms with Gasteiger partial charge in [0.05, 0.1) is 0 Å². The lowest BCUT2D eigenvalue weighted by atomic mass is 10.0.